The van der Waals surface area contributed by atoms with Gasteiger partial charge >= 0.3 is 5.69 Å². The fourth-order valence-corrected chi connectivity index (χ4v) is 2.57. The highest BCUT2D eigenvalue weighted by atomic mass is 35.5. The highest BCUT2D eigenvalue weighted by Gasteiger charge is 2.26. The van der Waals surface area contributed by atoms with Crippen molar-refractivity contribution in [3.8, 4) is 0 Å². The van der Waals surface area contributed by atoms with Crippen molar-refractivity contribution in [3.05, 3.63) is 33.3 Å². The summed E-state index contributed by atoms with van der Waals surface area (Å²) in [5.74, 6) is 0. The fourth-order valence-electron chi connectivity index (χ4n) is 2.34. The van der Waals surface area contributed by atoms with Gasteiger partial charge in [-0.15, -0.1) is 0 Å². The standard InChI is InChI=1S/C14H21ClN2O3/c1-4-11(5-2)16(9-10-20-3)13-8-6-7-12(15)14(13)17(18)19/h6-8,11H,4-5,9-10H2,1-3H3. The first kappa shape index (κ1) is 16.7. The molecule has 1 aromatic rings. The molecule has 1 rings (SSSR count). The zero-order valence-corrected chi connectivity index (χ0v) is 12.9. The van der Waals surface area contributed by atoms with Crippen molar-refractivity contribution in [3.63, 3.8) is 0 Å². The fraction of sp³-hybridized carbons (Fsp3) is 0.571. The maximum atomic E-state index is 11.3. The van der Waals surface area contributed by atoms with Gasteiger partial charge in [-0.05, 0) is 25.0 Å². The normalized spacial score (nSPS) is 10.8. The van der Waals surface area contributed by atoms with E-state index in [-0.39, 0.29) is 16.8 Å². The van der Waals surface area contributed by atoms with Crippen LogP contribution in [-0.2, 0) is 4.74 Å². The summed E-state index contributed by atoms with van der Waals surface area (Å²) in [6.07, 6.45) is 1.81. The van der Waals surface area contributed by atoms with Crippen LogP contribution < -0.4 is 4.90 Å². The molecule has 0 N–H and O–H groups in total. The molecule has 0 aliphatic heterocycles. The van der Waals surface area contributed by atoms with E-state index in [4.69, 9.17) is 16.3 Å². The average molecular weight is 301 g/mol. The van der Waals surface area contributed by atoms with Gasteiger partial charge in [0.15, 0.2) is 0 Å². The number of nitrogens with zero attached hydrogens (tertiary/aromatic N) is 2. The minimum Gasteiger partial charge on any atom is -0.383 e. The van der Waals surface area contributed by atoms with Gasteiger partial charge in [0.25, 0.3) is 0 Å². The van der Waals surface area contributed by atoms with Gasteiger partial charge < -0.3 is 9.64 Å². The maximum Gasteiger partial charge on any atom is 0.310 e. The van der Waals surface area contributed by atoms with Crippen LogP contribution in [0.4, 0.5) is 11.4 Å². The van der Waals surface area contributed by atoms with Crippen LogP contribution in [0.15, 0.2) is 18.2 Å². The highest BCUT2D eigenvalue weighted by molar-refractivity contribution is 6.33. The summed E-state index contributed by atoms with van der Waals surface area (Å²) in [5.41, 5.74) is 0.533. The minimum absolute atomic E-state index is 0.0304. The number of anilines is 1. The van der Waals surface area contributed by atoms with E-state index < -0.39 is 4.92 Å². The SMILES string of the molecule is CCC(CC)N(CCOC)c1cccc(Cl)c1[N+](=O)[O-]. The summed E-state index contributed by atoms with van der Waals surface area (Å²) in [6, 6.07) is 5.26. The number of hydrogen-bond donors (Lipinski definition) is 0. The molecule has 0 spiro atoms. The molecule has 0 aliphatic rings. The predicted octanol–water partition coefficient (Wildman–Crippen LogP) is 3.89. The van der Waals surface area contributed by atoms with Crippen molar-refractivity contribution in [2.75, 3.05) is 25.2 Å². The summed E-state index contributed by atoms with van der Waals surface area (Å²) >= 11 is 5.99. The topological polar surface area (TPSA) is 55.6 Å². The molecule has 0 unspecified atom stereocenters. The molecule has 0 saturated carbocycles. The monoisotopic (exact) mass is 300 g/mol. The largest absolute Gasteiger partial charge is 0.383 e. The van der Waals surface area contributed by atoms with E-state index in [1.54, 1.807) is 25.3 Å². The number of ether oxygens (including phenoxy) is 1. The van der Waals surface area contributed by atoms with Crippen molar-refractivity contribution in [1.29, 1.82) is 0 Å². The van der Waals surface area contributed by atoms with Crippen LogP contribution in [0.2, 0.25) is 5.02 Å². The van der Waals surface area contributed by atoms with E-state index in [0.29, 0.717) is 18.8 Å². The molecule has 0 aromatic heterocycles. The first-order chi connectivity index (χ1) is 9.56. The Morgan fingerprint density at radius 2 is 2.05 bits per heavy atom. The zero-order chi connectivity index (χ0) is 15.1. The molecule has 0 aliphatic carbocycles. The van der Waals surface area contributed by atoms with Crippen molar-refractivity contribution in [1.82, 2.24) is 0 Å². The van der Waals surface area contributed by atoms with Gasteiger partial charge in [0.1, 0.15) is 10.7 Å². The number of methoxy groups -OCH3 is 1. The second-order valence-electron chi connectivity index (χ2n) is 4.52. The van der Waals surface area contributed by atoms with E-state index in [1.165, 1.54) is 0 Å². The van der Waals surface area contributed by atoms with Gasteiger partial charge in [-0.1, -0.05) is 31.5 Å². The predicted molar refractivity (Wildman–Crippen MR) is 81.7 cm³/mol. The summed E-state index contributed by atoms with van der Waals surface area (Å²) in [6.45, 7) is 5.26. The van der Waals surface area contributed by atoms with Crippen LogP contribution in [0.5, 0.6) is 0 Å². The quantitative estimate of drug-likeness (QED) is 0.540. The van der Waals surface area contributed by atoms with Crippen LogP contribution in [0.25, 0.3) is 0 Å². The van der Waals surface area contributed by atoms with Crippen LogP contribution >= 0.6 is 11.6 Å². The number of benzene rings is 1. The van der Waals surface area contributed by atoms with Crippen LogP contribution in [0, 0.1) is 10.1 Å². The van der Waals surface area contributed by atoms with E-state index >= 15 is 0 Å². The van der Waals surface area contributed by atoms with Crippen molar-refractivity contribution in [2.24, 2.45) is 0 Å². The van der Waals surface area contributed by atoms with E-state index in [2.05, 4.69) is 13.8 Å². The molecule has 0 amide bonds. The van der Waals surface area contributed by atoms with Crippen LogP contribution in [0.3, 0.4) is 0 Å². The Bertz CT molecular complexity index is 450. The molecular formula is C14H21ClN2O3. The van der Waals surface area contributed by atoms with Gasteiger partial charge in [-0.25, -0.2) is 0 Å². The summed E-state index contributed by atoms with van der Waals surface area (Å²) < 4.78 is 5.12. The first-order valence-electron chi connectivity index (χ1n) is 6.75. The average Bonchev–Trinajstić information content (AvgIpc) is 2.42. The van der Waals surface area contributed by atoms with E-state index in [1.807, 2.05) is 4.90 Å². The third-order valence-electron chi connectivity index (χ3n) is 3.38. The Morgan fingerprint density at radius 3 is 2.55 bits per heavy atom. The molecule has 20 heavy (non-hydrogen) atoms. The lowest BCUT2D eigenvalue weighted by Crippen LogP contribution is -2.37. The second-order valence-corrected chi connectivity index (χ2v) is 4.93. The zero-order valence-electron chi connectivity index (χ0n) is 12.1. The molecule has 0 heterocycles. The van der Waals surface area contributed by atoms with Gasteiger partial charge in [0.05, 0.1) is 11.5 Å². The minimum atomic E-state index is -0.417. The molecule has 112 valence electrons. The number of nitro benzene ring substituents is 1. The number of nitro groups is 1. The molecule has 0 fully saturated rings. The smallest absolute Gasteiger partial charge is 0.310 e. The highest BCUT2D eigenvalue weighted by Crippen LogP contribution is 2.36. The molecule has 1 aromatic carbocycles. The first-order valence-corrected chi connectivity index (χ1v) is 7.13. The van der Waals surface area contributed by atoms with Crippen molar-refractivity contribution < 1.29 is 9.66 Å². The Kier molecular flexibility index (Phi) is 6.75. The molecule has 6 heteroatoms. The number of rotatable bonds is 8. The third-order valence-corrected chi connectivity index (χ3v) is 3.68. The second kappa shape index (κ2) is 8.07. The molecule has 0 saturated heterocycles. The molecule has 5 nitrogen and oxygen atoms in total. The van der Waals surface area contributed by atoms with Crippen LogP contribution in [-0.4, -0.2) is 31.2 Å². The molecule has 0 bridgehead atoms. The van der Waals surface area contributed by atoms with E-state index in [0.717, 1.165) is 12.8 Å². The lowest BCUT2D eigenvalue weighted by atomic mass is 10.1. The van der Waals surface area contributed by atoms with E-state index in [9.17, 15) is 10.1 Å². The number of hydrogen-bond acceptors (Lipinski definition) is 4. The molecule has 0 radical (unpaired) electrons. The van der Waals surface area contributed by atoms with Gasteiger partial charge in [-0.3, -0.25) is 10.1 Å². The summed E-state index contributed by atoms with van der Waals surface area (Å²) in [5, 5.41) is 11.5. The Morgan fingerprint density at radius 1 is 1.40 bits per heavy atom. The molecular weight excluding hydrogens is 280 g/mol. The lowest BCUT2D eigenvalue weighted by Gasteiger charge is -2.32. The van der Waals surface area contributed by atoms with Crippen molar-refractivity contribution >= 4 is 23.0 Å². The van der Waals surface area contributed by atoms with Crippen LogP contribution in [0.1, 0.15) is 26.7 Å². The number of halogens is 1. The Balaban J connectivity index is 3.25. The Hall–Kier alpha value is -1.33. The van der Waals surface area contributed by atoms with Gasteiger partial charge in [0, 0.05) is 19.7 Å². The van der Waals surface area contributed by atoms with Gasteiger partial charge in [0.2, 0.25) is 0 Å². The Labute approximate surface area is 124 Å². The van der Waals surface area contributed by atoms with Gasteiger partial charge in [-0.2, -0.15) is 0 Å². The number of para-hydroxylation sites is 1. The summed E-state index contributed by atoms with van der Waals surface area (Å²) in [7, 11) is 1.62. The summed E-state index contributed by atoms with van der Waals surface area (Å²) in [4.78, 5) is 12.9. The maximum absolute atomic E-state index is 11.3. The lowest BCUT2D eigenvalue weighted by molar-refractivity contribution is -0.384. The third kappa shape index (κ3) is 3.84. The molecule has 0 atom stereocenters. The van der Waals surface area contributed by atoms with Crippen molar-refractivity contribution in [2.45, 2.75) is 32.7 Å².